The van der Waals surface area contributed by atoms with E-state index in [0.717, 1.165) is 22.9 Å². The van der Waals surface area contributed by atoms with Gasteiger partial charge < -0.3 is 19.3 Å². The van der Waals surface area contributed by atoms with E-state index in [4.69, 9.17) is 21.1 Å². The lowest BCUT2D eigenvalue weighted by atomic mass is 9.95. The third-order valence-corrected chi connectivity index (χ3v) is 5.69. The van der Waals surface area contributed by atoms with Crippen LogP contribution < -0.4 is 9.64 Å². The van der Waals surface area contributed by atoms with Gasteiger partial charge in [-0.05, 0) is 45.8 Å². The minimum Gasteiger partial charge on any atom is -0.443 e. The third-order valence-electron chi connectivity index (χ3n) is 5.32. The minimum absolute atomic E-state index is 0.0448. The van der Waals surface area contributed by atoms with Crippen LogP contribution in [-0.2, 0) is 4.74 Å². The van der Waals surface area contributed by atoms with Crippen LogP contribution in [0, 0.1) is 0 Å². The van der Waals surface area contributed by atoms with Crippen molar-refractivity contribution in [1.29, 1.82) is 0 Å². The van der Waals surface area contributed by atoms with E-state index in [1.807, 2.05) is 64.0 Å². The molecule has 0 saturated heterocycles. The van der Waals surface area contributed by atoms with E-state index >= 15 is 0 Å². The first-order chi connectivity index (χ1) is 15.0. The average Bonchev–Trinajstić information content (AvgIpc) is 3.09. The zero-order chi connectivity index (χ0) is 23.6. The van der Waals surface area contributed by atoms with Gasteiger partial charge in [-0.1, -0.05) is 24.3 Å². The summed E-state index contributed by atoms with van der Waals surface area (Å²) >= 11 is 6.29. The first kappa shape index (κ1) is 24.1. The van der Waals surface area contributed by atoms with Crippen LogP contribution in [0.25, 0.3) is 10.8 Å². The van der Waals surface area contributed by atoms with Gasteiger partial charge >= 0.3 is 12.2 Å². The van der Waals surface area contributed by atoms with Crippen molar-refractivity contribution in [3.8, 4) is 5.75 Å². The van der Waals surface area contributed by atoms with Gasteiger partial charge in [-0.2, -0.15) is 0 Å². The summed E-state index contributed by atoms with van der Waals surface area (Å²) in [7, 11) is 5.61. The van der Waals surface area contributed by atoms with Gasteiger partial charge in [0.1, 0.15) is 11.4 Å². The number of anilines is 1. The van der Waals surface area contributed by atoms with Gasteiger partial charge in [0.25, 0.3) is 0 Å². The van der Waals surface area contributed by atoms with Crippen LogP contribution in [0.1, 0.15) is 32.3 Å². The summed E-state index contributed by atoms with van der Waals surface area (Å²) in [5, 5.41) is 1.72. The Kier molecular flexibility index (Phi) is 7.20. The molecule has 1 atom stereocenters. The second-order valence-corrected chi connectivity index (χ2v) is 9.70. The van der Waals surface area contributed by atoms with E-state index < -0.39 is 17.8 Å². The molecule has 2 aromatic rings. The summed E-state index contributed by atoms with van der Waals surface area (Å²) in [6.07, 6.45) is -0.894. The van der Waals surface area contributed by atoms with Crippen LogP contribution in [0.4, 0.5) is 15.3 Å². The van der Waals surface area contributed by atoms with E-state index in [-0.39, 0.29) is 5.92 Å². The zero-order valence-electron chi connectivity index (χ0n) is 19.6. The van der Waals surface area contributed by atoms with Crippen molar-refractivity contribution in [2.45, 2.75) is 32.3 Å². The maximum Gasteiger partial charge on any atom is 0.415 e. The summed E-state index contributed by atoms with van der Waals surface area (Å²) in [6.45, 7) is 7.17. The molecule has 0 saturated carbocycles. The molecule has 1 aliphatic heterocycles. The van der Waals surface area contributed by atoms with Gasteiger partial charge in [-0.3, -0.25) is 4.90 Å². The summed E-state index contributed by atoms with van der Waals surface area (Å²) < 4.78 is 11.4. The minimum atomic E-state index is -0.627. The number of benzene rings is 2. The Balaban J connectivity index is 2.02. The number of likely N-dealkylation sites (N-methyl/N-ethyl adjacent to an activating group) is 2. The predicted octanol–water partition coefficient (Wildman–Crippen LogP) is 4.91. The Bertz CT molecular complexity index is 1000. The second kappa shape index (κ2) is 9.55. The van der Waals surface area contributed by atoms with Gasteiger partial charge in [0.05, 0.1) is 5.69 Å². The molecule has 1 unspecified atom stereocenters. The lowest BCUT2D eigenvalue weighted by Crippen LogP contribution is -2.36. The molecule has 3 rings (SSSR count). The quantitative estimate of drug-likeness (QED) is 0.592. The Morgan fingerprint density at radius 3 is 2.38 bits per heavy atom. The van der Waals surface area contributed by atoms with Gasteiger partial charge in [0.2, 0.25) is 0 Å². The number of hydrogen-bond acceptors (Lipinski definition) is 5. The zero-order valence-corrected chi connectivity index (χ0v) is 20.4. The predicted molar refractivity (Wildman–Crippen MR) is 128 cm³/mol. The molecular weight excluding hydrogens is 430 g/mol. The van der Waals surface area contributed by atoms with Crippen molar-refractivity contribution in [3.63, 3.8) is 0 Å². The summed E-state index contributed by atoms with van der Waals surface area (Å²) in [5.41, 5.74) is 1.02. The SMILES string of the molecule is CN(C)CCN(C)C(=O)Oc1cc2c(c3ccccc13)C(CCl)CN2C(=O)OC(C)(C)C. The number of hydrogen-bond donors (Lipinski definition) is 0. The summed E-state index contributed by atoms with van der Waals surface area (Å²) in [6, 6.07) is 9.47. The van der Waals surface area contributed by atoms with Crippen LogP contribution in [0.15, 0.2) is 30.3 Å². The molecule has 1 aliphatic rings. The fourth-order valence-corrected chi connectivity index (χ4v) is 3.98. The van der Waals surface area contributed by atoms with Crippen LogP contribution in [0.3, 0.4) is 0 Å². The lowest BCUT2D eigenvalue weighted by molar-refractivity contribution is 0.0582. The van der Waals surface area contributed by atoms with E-state index in [2.05, 4.69) is 0 Å². The van der Waals surface area contributed by atoms with Gasteiger partial charge in [0.15, 0.2) is 0 Å². The van der Waals surface area contributed by atoms with Crippen molar-refractivity contribution < 1.29 is 19.1 Å². The number of carbonyl (C=O) groups excluding carboxylic acids is 2. The molecule has 0 fully saturated rings. The lowest BCUT2D eigenvalue weighted by Gasteiger charge is -2.25. The number of alkyl halides is 1. The highest BCUT2D eigenvalue weighted by Crippen LogP contribution is 2.46. The molecule has 7 nitrogen and oxygen atoms in total. The Hall–Kier alpha value is -2.51. The summed E-state index contributed by atoms with van der Waals surface area (Å²) in [4.78, 5) is 30.8. The normalized spacial score (nSPS) is 15.8. The fourth-order valence-electron chi connectivity index (χ4n) is 3.73. The molecule has 0 radical (unpaired) electrons. The molecule has 0 spiro atoms. The van der Waals surface area contributed by atoms with Crippen molar-refractivity contribution in [2.24, 2.45) is 0 Å². The molecule has 32 heavy (non-hydrogen) atoms. The van der Waals surface area contributed by atoms with E-state index in [0.29, 0.717) is 30.4 Å². The van der Waals surface area contributed by atoms with Crippen molar-refractivity contribution in [2.75, 3.05) is 51.6 Å². The molecule has 0 bridgehead atoms. The molecule has 1 heterocycles. The number of nitrogens with zero attached hydrogens (tertiary/aromatic N) is 3. The summed E-state index contributed by atoms with van der Waals surface area (Å²) in [5.74, 6) is 0.726. The number of halogens is 1. The molecular formula is C24H32ClN3O4. The molecule has 2 aromatic carbocycles. The van der Waals surface area contributed by atoms with Gasteiger partial charge in [-0.15, -0.1) is 11.6 Å². The van der Waals surface area contributed by atoms with E-state index in [1.165, 1.54) is 4.90 Å². The smallest absolute Gasteiger partial charge is 0.415 e. The van der Waals surface area contributed by atoms with E-state index in [1.54, 1.807) is 18.0 Å². The van der Waals surface area contributed by atoms with Crippen LogP contribution >= 0.6 is 11.6 Å². The topological polar surface area (TPSA) is 62.3 Å². The monoisotopic (exact) mass is 461 g/mol. The van der Waals surface area contributed by atoms with Crippen molar-refractivity contribution in [3.05, 3.63) is 35.9 Å². The average molecular weight is 462 g/mol. The second-order valence-electron chi connectivity index (χ2n) is 9.39. The molecule has 2 amide bonds. The molecule has 174 valence electrons. The highest BCUT2D eigenvalue weighted by atomic mass is 35.5. The Morgan fingerprint density at radius 1 is 1.12 bits per heavy atom. The van der Waals surface area contributed by atoms with Crippen LogP contribution in [0.2, 0.25) is 0 Å². The first-order valence-corrected chi connectivity index (χ1v) is 11.2. The van der Waals surface area contributed by atoms with Crippen LogP contribution in [0.5, 0.6) is 5.75 Å². The van der Waals surface area contributed by atoms with E-state index in [9.17, 15) is 9.59 Å². The van der Waals surface area contributed by atoms with Crippen molar-refractivity contribution in [1.82, 2.24) is 9.80 Å². The first-order valence-electron chi connectivity index (χ1n) is 10.7. The standard InChI is InChI=1S/C24H32ClN3O4/c1-24(2,3)32-23(30)28-15-16(14-25)21-18-10-8-7-9-17(18)20(13-19(21)28)31-22(29)27(6)12-11-26(4)5/h7-10,13,16H,11-12,14-15H2,1-6H3. The van der Waals surface area contributed by atoms with Gasteiger partial charge in [-0.25, -0.2) is 9.59 Å². The maximum absolute atomic E-state index is 13.0. The third kappa shape index (κ3) is 5.27. The van der Waals surface area contributed by atoms with Crippen LogP contribution in [-0.4, -0.2) is 74.2 Å². The Labute approximate surface area is 194 Å². The number of rotatable bonds is 5. The van der Waals surface area contributed by atoms with Gasteiger partial charge in [0, 0.05) is 49.9 Å². The molecule has 0 aromatic heterocycles. The molecule has 8 heteroatoms. The molecule has 0 N–H and O–H groups in total. The number of carbonyl (C=O) groups is 2. The van der Waals surface area contributed by atoms with Crippen molar-refractivity contribution >= 4 is 40.2 Å². The number of ether oxygens (including phenoxy) is 2. The number of amides is 2. The largest absolute Gasteiger partial charge is 0.443 e. The highest BCUT2D eigenvalue weighted by Gasteiger charge is 2.37. The maximum atomic E-state index is 13.0. The number of fused-ring (bicyclic) bond motifs is 3. The fraction of sp³-hybridized carbons (Fsp3) is 0.500. The Morgan fingerprint density at radius 2 is 1.78 bits per heavy atom. The highest BCUT2D eigenvalue weighted by molar-refractivity contribution is 6.19. The molecule has 0 aliphatic carbocycles.